The van der Waals surface area contributed by atoms with E-state index in [0.29, 0.717) is 5.56 Å². The van der Waals surface area contributed by atoms with Gasteiger partial charge in [0.2, 0.25) is 11.6 Å². The van der Waals surface area contributed by atoms with Crippen LogP contribution >= 0.6 is 0 Å². The molecule has 1 amide bonds. The Morgan fingerprint density at radius 2 is 1.18 bits per heavy atom. The number of Topliss-reactive ketones (excluding diaryl/α,β-unsaturated/α-hetero) is 1. The molecule has 0 radical (unpaired) electrons. The molecular weight excluding hydrogens is 880 g/mol. The van der Waals surface area contributed by atoms with E-state index >= 15 is 0 Å². The van der Waals surface area contributed by atoms with Crippen molar-refractivity contribution in [2.24, 2.45) is 10.2 Å². The van der Waals surface area contributed by atoms with Crippen molar-refractivity contribution in [3.63, 3.8) is 0 Å². The minimum Gasteiger partial charge on any atom is -0.744 e. The van der Waals surface area contributed by atoms with Crippen LogP contribution in [0.5, 0.6) is 11.5 Å². The van der Waals surface area contributed by atoms with Crippen LogP contribution in [0.25, 0.3) is 12.2 Å². The normalized spacial score (nSPS) is 14.7. The van der Waals surface area contributed by atoms with E-state index in [4.69, 9.17) is 9.47 Å². The molecule has 0 fully saturated rings. The van der Waals surface area contributed by atoms with E-state index in [1.54, 1.807) is 0 Å². The van der Waals surface area contributed by atoms with Crippen molar-refractivity contribution in [3.8, 4) is 11.5 Å². The Morgan fingerprint density at radius 3 is 1.72 bits per heavy atom. The molecule has 2 aliphatic rings. The number of allylic oxidation sites excluding steroid dienone is 2. The van der Waals surface area contributed by atoms with Gasteiger partial charge < -0.3 is 28.4 Å². The summed E-state index contributed by atoms with van der Waals surface area (Å²) in [7, 11) is -12.5. The molecular formula is C35H24N5Na3O14S3. The third-order valence-electron chi connectivity index (χ3n) is 8.31. The Kier molecular flexibility index (Phi) is 17.0. The maximum absolute atomic E-state index is 13.7. The van der Waals surface area contributed by atoms with Crippen LogP contribution in [0.1, 0.15) is 37.4 Å². The van der Waals surface area contributed by atoms with Crippen LogP contribution in [-0.4, -0.2) is 82.0 Å². The second kappa shape index (κ2) is 20.1. The van der Waals surface area contributed by atoms with Crippen LogP contribution in [0.4, 0.5) is 17.1 Å². The van der Waals surface area contributed by atoms with Crippen molar-refractivity contribution < 1.29 is 151 Å². The number of methoxy groups -OCH3 is 2. The first-order valence-electron chi connectivity index (χ1n) is 15.8. The van der Waals surface area contributed by atoms with E-state index in [9.17, 15) is 53.3 Å². The predicted molar refractivity (Wildman–Crippen MR) is 200 cm³/mol. The monoisotopic (exact) mass is 903 g/mol. The fourth-order valence-corrected chi connectivity index (χ4v) is 7.17. The summed E-state index contributed by atoms with van der Waals surface area (Å²) in [5.41, 5.74) is 4.10. The van der Waals surface area contributed by atoms with E-state index in [-0.39, 0.29) is 145 Å². The molecule has 0 bridgehead atoms. The van der Waals surface area contributed by atoms with Crippen molar-refractivity contribution in [2.45, 2.75) is 9.79 Å². The number of hydrogen-bond acceptors (Lipinski definition) is 18. The molecule has 3 N–H and O–H groups in total. The molecule has 4 aromatic carbocycles. The van der Waals surface area contributed by atoms with E-state index in [2.05, 4.69) is 26.4 Å². The molecule has 0 unspecified atom stereocenters. The second-order valence-corrected chi connectivity index (χ2v) is 15.9. The Labute approximate surface area is 408 Å². The zero-order valence-electron chi connectivity index (χ0n) is 32.0. The number of hydrazone groups is 2. The number of ketones is 2. The largest absolute Gasteiger partial charge is 1.00 e. The Bertz CT molecular complexity index is 2880. The van der Waals surface area contributed by atoms with Crippen molar-refractivity contribution >= 4 is 88.5 Å². The summed E-state index contributed by atoms with van der Waals surface area (Å²) in [5, 5.41) is 10.5. The fourth-order valence-electron chi connectivity index (χ4n) is 5.57. The van der Waals surface area contributed by atoms with Gasteiger partial charge >= 0.3 is 88.7 Å². The second-order valence-electron chi connectivity index (χ2n) is 11.8. The Balaban J connectivity index is 0.00000320. The number of nitrogens with zero attached hydrogens (tertiary/aromatic N) is 2. The van der Waals surface area contributed by atoms with Crippen LogP contribution in [-0.2, 0) is 35.1 Å². The maximum atomic E-state index is 13.7. The fraction of sp³-hybridized carbons (Fsp3) is 0.0571. The molecule has 0 saturated heterocycles. The Hall–Kier alpha value is -3.56. The van der Waals surface area contributed by atoms with Gasteiger partial charge in [0.15, 0.2) is 0 Å². The molecule has 25 heteroatoms. The number of ether oxygens (including phenoxy) is 2. The van der Waals surface area contributed by atoms with Gasteiger partial charge in [0.25, 0.3) is 5.91 Å². The zero-order valence-corrected chi connectivity index (χ0v) is 40.4. The average Bonchev–Trinajstić information content (AvgIpc) is 3.15. The number of fused-ring (bicyclic) bond motifs is 2. The van der Waals surface area contributed by atoms with Gasteiger partial charge in [-0.3, -0.25) is 25.2 Å². The molecule has 0 aromatic heterocycles. The topological polar surface area (TPSA) is 302 Å². The van der Waals surface area contributed by atoms with Crippen LogP contribution in [0.3, 0.4) is 0 Å². The molecule has 19 nitrogen and oxygen atoms in total. The molecule has 0 atom stereocenters. The number of anilines is 3. The van der Waals surface area contributed by atoms with Crippen molar-refractivity contribution in [3.05, 3.63) is 112 Å². The molecule has 0 aliphatic heterocycles. The van der Waals surface area contributed by atoms with Gasteiger partial charge in [0.1, 0.15) is 64.7 Å². The molecule has 2 aliphatic carbocycles. The summed E-state index contributed by atoms with van der Waals surface area (Å²) in [4.78, 5) is 37.2. The van der Waals surface area contributed by atoms with Gasteiger partial charge in [0, 0.05) is 40.1 Å². The summed E-state index contributed by atoms with van der Waals surface area (Å²) in [6, 6.07) is 14.0. The van der Waals surface area contributed by atoms with Crippen molar-refractivity contribution in [1.29, 1.82) is 0 Å². The quantitative estimate of drug-likeness (QED) is 0.0717. The Morgan fingerprint density at radius 1 is 0.633 bits per heavy atom. The summed E-state index contributed by atoms with van der Waals surface area (Å²) in [6.07, 6.45) is 3.47. The summed E-state index contributed by atoms with van der Waals surface area (Å²) < 4.78 is 117. The minimum absolute atomic E-state index is 0. The molecule has 0 heterocycles. The van der Waals surface area contributed by atoms with Gasteiger partial charge in [-0.1, -0.05) is 24.3 Å². The SMILES string of the molecule is COc1cc(N/N=C2/C(=O)C=Cc3ccc(S(=O)(=O)[O-])cc32)c(OC)cc1N/N=C1/C(=O)c2cccc(NC(=O)c3ccc(S(=O)(=O)[O-])cc3)c2C=C1S(=O)(=O)[O-].[Na+].[Na+].[Na+]. The maximum Gasteiger partial charge on any atom is 1.00 e. The number of hydrogen-bond donors (Lipinski definition) is 3. The van der Waals surface area contributed by atoms with Crippen LogP contribution in [0, 0.1) is 0 Å². The number of benzene rings is 4. The third-order valence-corrected chi connectivity index (χ3v) is 10.8. The first kappa shape index (κ1) is 50.8. The molecule has 60 heavy (non-hydrogen) atoms. The first-order chi connectivity index (χ1) is 26.8. The third kappa shape index (κ3) is 11.1. The van der Waals surface area contributed by atoms with E-state index < -0.39 is 68.2 Å². The number of nitrogens with one attached hydrogen (secondary N) is 3. The first-order valence-corrected chi connectivity index (χ1v) is 20.0. The smallest absolute Gasteiger partial charge is 0.744 e. The average molecular weight is 904 g/mol. The molecule has 0 saturated carbocycles. The molecule has 4 aromatic rings. The predicted octanol–water partition coefficient (Wildman–Crippen LogP) is -6.26. The number of amides is 1. The van der Waals surface area contributed by atoms with Gasteiger partial charge in [-0.15, -0.1) is 0 Å². The van der Waals surface area contributed by atoms with E-state index in [1.807, 2.05) is 0 Å². The van der Waals surface area contributed by atoms with Gasteiger partial charge in [-0.25, -0.2) is 25.3 Å². The minimum atomic E-state index is -5.40. The van der Waals surface area contributed by atoms with Crippen LogP contribution in [0.2, 0.25) is 0 Å². The van der Waals surface area contributed by atoms with Crippen molar-refractivity contribution in [1.82, 2.24) is 0 Å². The molecule has 294 valence electrons. The summed E-state index contributed by atoms with van der Waals surface area (Å²) in [5.74, 6) is -2.47. The zero-order chi connectivity index (χ0) is 41.4. The number of carbonyl (C=O) groups is 3. The number of carbonyl (C=O) groups excluding carboxylic acids is 3. The van der Waals surface area contributed by atoms with Crippen LogP contribution in [0.15, 0.2) is 104 Å². The van der Waals surface area contributed by atoms with Crippen molar-refractivity contribution in [2.75, 3.05) is 30.4 Å². The van der Waals surface area contributed by atoms with Gasteiger partial charge in [0.05, 0.1) is 28.9 Å². The van der Waals surface area contributed by atoms with Gasteiger partial charge in [-0.05, 0) is 60.2 Å². The summed E-state index contributed by atoms with van der Waals surface area (Å²) >= 11 is 0. The molecule has 6 rings (SSSR count). The van der Waals surface area contributed by atoms with E-state index in [1.165, 1.54) is 62.8 Å². The standard InChI is InChI=1S/C35H27N5O14S3.3Na/c1-53-29-17-27(30(54-2)16-26(29)37-39-32-23-14-21(56(47,48)49)12-6-18(23)9-13-28(32)41)38-40-33-31(57(50,51)52)15-24-22(34(33)42)4-3-5-25(24)36-35(43)19-7-10-20(11-8-19)55(44,45)46;;;/h3-17,37-38H,1-2H3,(H,36,43)(H,44,45,46)(H,47,48,49)(H,50,51,52);;;/q;3*+1/p-3/b39-32+,40-33+;;;. The van der Waals surface area contributed by atoms with E-state index in [0.717, 1.165) is 42.5 Å². The number of rotatable bonds is 11. The molecule has 0 spiro atoms. The van der Waals surface area contributed by atoms with Crippen LogP contribution < -0.4 is 114 Å². The van der Waals surface area contributed by atoms with Gasteiger partial charge in [-0.2, -0.15) is 10.2 Å². The summed E-state index contributed by atoms with van der Waals surface area (Å²) in [6.45, 7) is 0.